The van der Waals surface area contributed by atoms with Crippen molar-refractivity contribution in [3.05, 3.63) is 30.6 Å². The minimum Gasteiger partial charge on any atom is -0.337 e. The molecular weight excluding hydrogens is 264 g/mol. The molecular formula is C13H21ClN4O. The van der Waals surface area contributed by atoms with Gasteiger partial charge in [0.1, 0.15) is 5.69 Å². The van der Waals surface area contributed by atoms with Crippen LogP contribution in [-0.2, 0) is 0 Å². The predicted molar refractivity (Wildman–Crippen MR) is 77.8 cm³/mol. The van der Waals surface area contributed by atoms with Crippen LogP contribution in [0.15, 0.2) is 24.9 Å². The zero-order chi connectivity index (χ0) is 13.0. The van der Waals surface area contributed by atoms with Crippen molar-refractivity contribution in [2.24, 2.45) is 0 Å². The Morgan fingerprint density at radius 3 is 3.16 bits per heavy atom. The highest BCUT2D eigenvalue weighted by Gasteiger charge is 2.18. The van der Waals surface area contributed by atoms with Gasteiger partial charge in [0.2, 0.25) is 0 Å². The Balaban J connectivity index is 0.00000180. The Morgan fingerprint density at radius 2 is 2.53 bits per heavy atom. The molecule has 0 saturated carbocycles. The van der Waals surface area contributed by atoms with E-state index in [1.807, 2.05) is 10.9 Å². The minimum absolute atomic E-state index is 0. The van der Waals surface area contributed by atoms with Crippen molar-refractivity contribution in [2.45, 2.75) is 18.9 Å². The van der Waals surface area contributed by atoms with Gasteiger partial charge in [-0.1, -0.05) is 6.08 Å². The first kappa shape index (κ1) is 15.7. The molecule has 0 aliphatic carbocycles. The maximum absolute atomic E-state index is 12.0. The molecule has 1 saturated heterocycles. The van der Waals surface area contributed by atoms with Gasteiger partial charge in [0.25, 0.3) is 5.91 Å². The average molecular weight is 285 g/mol. The van der Waals surface area contributed by atoms with E-state index < -0.39 is 0 Å². The zero-order valence-electron chi connectivity index (χ0n) is 11.2. The highest BCUT2D eigenvalue weighted by Crippen LogP contribution is 2.16. The first-order valence-electron chi connectivity index (χ1n) is 6.34. The number of amides is 1. The molecule has 0 aromatic carbocycles. The van der Waals surface area contributed by atoms with Crippen LogP contribution in [0, 0.1) is 0 Å². The van der Waals surface area contributed by atoms with E-state index in [1.165, 1.54) is 0 Å². The van der Waals surface area contributed by atoms with Crippen LogP contribution in [0.4, 0.5) is 0 Å². The Morgan fingerprint density at radius 1 is 1.74 bits per heavy atom. The quantitative estimate of drug-likeness (QED) is 0.852. The number of carbonyl (C=O) groups excluding carboxylic acids is 1. The number of carbonyl (C=O) groups is 1. The lowest BCUT2D eigenvalue weighted by Gasteiger charge is -2.23. The fourth-order valence-corrected chi connectivity index (χ4v) is 2.19. The average Bonchev–Trinajstić information content (AvgIpc) is 2.89. The van der Waals surface area contributed by atoms with Crippen LogP contribution in [0.25, 0.3) is 0 Å². The van der Waals surface area contributed by atoms with Gasteiger partial charge in [0.05, 0.1) is 6.04 Å². The molecule has 1 amide bonds. The van der Waals surface area contributed by atoms with Gasteiger partial charge >= 0.3 is 0 Å². The first-order chi connectivity index (χ1) is 8.72. The van der Waals surface area contributed by atoms with Crippen LogP contribution in [0.2, 0.25) is 0 Å². The third-order valence-electron chi connectivity index (χ3n) is 3.22. The number of rotatable bonds is 4. The molecule has 1 fully saturated rings. The summed E-state index contributed by atoms with van der Waals surface area (Å²) < 4.78 is 1.90. The standard InChI is InChI=1S/C13H20N4O.ClH/c1-3-8-16(2)13(18)12-6-9-17(15-12)11-5-4-7-14-10-11;/h3,6,9,11,14H,1,4-5,7-8,10H2,2H3;1H. The monoisotopic (exact) mass is 284 g/mol. The van der Waals surface area contributed by atoms with E-state index in [1.54, 1.807) is 24.1 Å². The molecule has 1 atom stereocenters. The summed E-state index contributed by atoms with van der Waals surface area (Å²) in [6.07, 6.45) is 5.88. The maximum Gasteiger partial charge on any atom is 0.274 e. The highest BCUT2D eigenvalue weighted by atomic mass is 35.5. The van der Waals surface area contributed by atoms with Crippen molar-refractivity contribution in [1.29, 1.82) is 0 Å². The number of likely N-dealkylation sites (N-methyl/N-ethyl adjacent to an activating group) is 1. The number of nitrogens with one attached hydrogen (secondary N) is 1. The van der Waals surface area contributed by atoms with E-state index in [9.17, 15) is 4.79 Å². The van der Waals surface area contributed by atoms with Crippen molar-refractivity contribution < 1.29 is 4.79 Å². The van der Waals surface area contributed by atoms with Gasteiger partial charge in [0, 0.05) is 26.3 Å². The van der Waals surface area contributed by atoms with Crippen LogP contribution in [-0.4, -0.2) is 47.3 Å². The fourth-order valence-electron chi connectivity index (χ4n) is 2.19. The SMILES string of the molecule is C=CCN(C)C(=O)c1ccn(C2CCCNC2)n1.Cl. The summed E-state index contributed by atoms with van der Waals surface area (Å²) in [6, 6.07) is 2.15. The number of nitrogens with zero attached hydrogens (tertiary/aromatic N) is 3. The van der Waals surface area contributed by atoms with Gasteiger partial charge in [-0.25, -0.2) is 0 Å². The lowest BCUT2D eigenvalue weighted by Crippen LogP contribution is -2.32. The topological polar surface area (TPSA) is 50.2 Å². The summed E-state index contributed by atoms with van der Waals surface area (Å²) >= 11 is 0. The van der Waals surface area contributed by atoms with Gasteiger partial charge in [-0.05, 0) is 25.5 Å². The van der Waals surface area contributed by atoms with Gasteiger partial charge in [-0.2, -0.15) is 5.10 Å². The molecule has 5 nitrogen and oxygen atoms in total. The lowest BCUT2D eigenvalue weighted by molar-refractivity contribution is 0.0803. The largest absolute Gasteiger partial charge is 0.337 e. The van der Waals surface area contributed by atoms with Gasteiger partial charge < -0.3 is 10.2 Å². The maximum atomic E-state index is 12.0. The van der Waals surface area contributed by atoms with Crippen LogP contribution in [0.3, 0.4) is 0 Å². The summed E-state index contributed by atoms with van der Waals surface area (Å²) in [5.41, 5.74) is 0.505. The van der Waals surface area contributed by atoms with E-state index in [0.29, 0.717) is 18.3 Å². The summed E-state index contributed by atoms with van der Waals surface area (Å²) in [4.78, 5) is 13.6. The molecule has 1 aliphatic heterocycles. The molecule has 1 aliphatic rings. The van der Waals surface area contributed by atoms with Crippen LogP contribution in [0.5, 0.6) is 0 Å². The number of hydrogen-bond acceptors (Lipinski definition) is 3. The molecule has 1 N–H and O–H groups in total. The molecule has 6 heteroatoms. The van der Waals surface area contributed by atoms with E-state index in [-0.39, 0.29) is 18.3 Å². The van der Waals surface area contributed by atoms with Crippen LogP contribution >= 0.6 is 12.4 Å². The Bertz CT molecular complexity index is 426. The summed E-state index contributed by atoms with van der Waals surface area (Å²) in [5.74, 6) is -0.0579. The van der Waals surface area contributed by atoms with Crippen molar-refractivity contribution in [1.82, 2.24) is 20.0 Å². The smallest absolute Gasteiger partial charge is 0.274 e. The molecule has 19 heavy (non-hydrogen) atoms. The van der Waals surface area contributed by atoms with Crippen molar-refractivity contribution in [2.75, 3.05) is 26.7 Å². The Kier molecular flexibility index (Phi) is 6.05. The zero-order valence-corrected chi connectivity index (χ0v) is 12.0. The number of hydrogen-bond donors (Lipinski definition) is 1. The van der Waals surface area contributed by atoms with E-state index in [0.717, 1.165) is 25.9 Å². The van der Waals surface area contributed by atoms with Crippen molar-refractivity contribution in [3.8, 4) is 0 Å². The second-order valence-electron chi connectivity index (χ2n) is 4.66. The van der Waals surface area contributed by atoms with Gasteiger partial charge in [0.15, 0.2) is 0 Å². The molecule has 2 heterocycles. The van der Waals surface area contributed by atoms with Crippen molar-refractivity contribution >= 4 is 18.3 Å². The molecule has 0 radical (unpaired) electrons. The van der Waals surface area contributed by atoms with Crippen LogP contribution < -0.4 is 5.32 Å². The lowest BCUT2D eigenvalue weighted by atomic mass is 10.1. The molecule has 1 aromatic rings. The molecule has 2 rings (SSSR count). The van der Waals surface area contributed by atoms with E-state index in [4.69, 9.17) is 0 Å². The number of piperidine rings is 1. The molecule has 106 valence electrons. The normalized spacial score (nSPS) is 18.5. The number of aromatic nitrogens is 2. The molecule has 1 unspecified atom stereocenters. The second kappa shape index (κ2) is 7.31. The molecule has 0 bridgehead atoms. The van der Waals surface area contributed by atoms with E-state index >= 15 is 0 Å². The predicted octanol–water partition coefficient (Wildman–Crippen LogP) is 1.49. The second-order valence-corrected chi connectivity index (χ2v) is 4.66. The van der Waals surface area contributed by atoms with Gasteiger partial charge in [-0.15, -0.1) is 19.0 Å². The molecule has 0 spiro atoms. The van der Waals surface area contributed by atoms with Crippen LogP contribution in [0.1, 0.15) is 29.4 Å². The Hall–Kier alpha value is -1.33. The number of halogens is 1. The fraction of sp³-hybridized carbons (Fsp3) is 0.538. The highest BCUT2D eigenvalue weighted by molar-refractivity contribution is 5.92. The third kappa shape index (κ3) is 3.81. The van der Waals surface area contributed by atoms with Gasteiger partial charge in [-0.3, -0.25) is 9.48 Å². The minimum atomic E-state index is -0.0579. The third-order valence-corrected chi connectivity index (χ3v) is 3.22. The van der Waals surface area contributed by atoms with E-state index in [2.05, 4.69) is 17.0 Å². The molecule has 1 aromatic heterocycles. The summed E-state index contributed by atoms with van der Waals surface area (Å²) in [5, 5.41) is 7.73. The summed E-state index contributed by atoms with van der Waals surface area (Å²) in [7, 11) is 1.76. The first-order valence-corrected chi connectivity index (χ1v) is 6.34. The Labute approximate surface area is 120 Å². The van der Waals surface area contributed by atoms with Crippen molar-refractivity contribution in [3.63, 3.8) is 0 Å². The summed E-state index contributed by atoms with van der Waals surface area (Å²) in [6.45, 7) is 6.17.